The van der Waals surface area contributed by atoms with E-state index >= 15 is 0 Å². The molecule has 0 atom stereocenters. The topological polar surface area (TPSA) is 42.2 Å². The average molecular weight is 221 g/mol. The Morgan fingerprint density at radius 2 is 2.12 bits per heavy atom. The molecule has 0 amide bonds. The van der Waals surface area contributed by atoms with Crippen LogP contribution in [0.15, 0.2) is 18.3 Å². The molecule has 3 nitrogen and oxygen atoms in total. The summed E-state index contributed by atoms with van der Waals surface area (Å²) in [7, 11) is 0. The summed E-state index contributed by atoms with van der Waals surface area (Å²) in [6.07, 6.45) is 5.55. The van der Waals surface area contributed by atoms with E-state index in [0.29, 0.717) is 11.9 Å². The zero-order valence-electron chi connectivity index (χ0n) is 10.6. The van der Waals surface area contributed by atoms with Gasteiger partial charge in [0.25, 0.3) is 0 Å². The maximum Gasteiger partial charge on any atom is 0.125 e. The summed E-state index contributed by atoms with van der Waals surface area (Å²) in [6.45, 7) is 7.74. The Hall–Kier alpha value is -1.25. The van der Waals surface area contributed by atoms with E-state index in [1.807, 2.05) is 12.1 Å². The molecule has 0 saturated heterocycles. The van der Waals surface area contributed by atoms with Crippen molar-refractivity contribution >= 4 is 11.5 Å². The first kappa shape index (κ1) is 12.8. The molecular weight excluding hydrogens is 198 g/mol. The number of hydrogen-bond donors (Lipinski definition) is 1. The second-order valence-electron chi connectivity index (χ2n) is 4.43. The fourth-order valence-corrected chi connectivity index (χ4v) is 1.83. The third-order valence-electron chi connectivity index (χ3n) is 2.72. The van der Waals surface area contributed by atoms with Gasteiger partial charge in [-0.2, -0.15) is 0 Å². The van der Waals surface area contributed by atoms with Crippen LogP contribution in [-0.2, 0) is 0 Å². The standard InChI is InChI=1S/C13H23N3/c1-4-5-6-9-16(11(2)3)12-7-8-15-13(14)10-12/h7-8,10-11H,4-6,9H2,1-3H3,(H2,14,15). The van der Waals surface area contributed by atoms with Crippen molar-refractivity contribution in [3.8, 4) is 0 Å². The monoisotopic (exact) mass is 221 g/mol. The van der Waals surface area contributed by atoms with Gasteiger partial charge in [0.15, 0.2) is 0 Å². The normalized spacial score (nSPS) is 10.8. The maximum absolute atomic E-state index is 5.71. The van der Waals surface area contributed by atoms with Crippen LogP contribution in [0.3, 0.4) is 0 Å². The molecule has 0 aromatic carbocycles. The summed E-state index contributed by atoms with van der Waals surface area (Å²) < 4.78 is 0. The lowest BCUT2D eigenvalue weighted by Crippen LogP contribution is -2.31. The lowest BCUT2D eigenvalue weighted by molar-refractivity contribution is 0.626. The van der Waals surface area contributed by atoms with Crippen molar-refractivity contribution in [2.45, 2.75) is 46.1 Å². The molecular formula is C13H23N3. The molecule has 90 valence electrons. The number of rotatable bonds is 6. The van der Waals surface area contributed by atoms with Crippen molar-refractivity contribution in [2.24, 2.45) is 0 Å². The van der Waals surface area contributed by atoms with Crippen molar-refractivity contribution in [3.63, 3.8) is 0 Å². The van der Waals surface area contributed by atoms with Crippen molar-refractivity contribution in [1.29, 1.82) is 0 Å². The first-order valence-electron chi connectivity index (χ1n) is 6.13. The van der Waals surface area contributed by atoms with Crippen LogP contribution >= 0.6 is 0 Å². The van der Waals surface area contributed by atoms with Gasteiger partial charge in [-0.15, -0.1) is 0 Å². The van der Waals surface area contributed by atoms with Crippen molar-refractivity contribution in [3.05, 3.63) is 18.3 Å². The fourth-order valence-electron chi connectivity index (χ4n) is 1.83. The van der Waals surface area contributed by atoms with Crippen LogP contribution in [0.5, 0.6) is 0 Å². The van der Waals surface area contributed by atoms with Crippen LogP contribution in [-0.4, -0.2) is 17.6 Å². The lowest BCUT2D eigenvalue weighted by Gasteiger charge is -2.29. The first-order chi connectivity index (χ1) is 7.65. The van der Waals surface area contributed by atoms with Gasteiger partial charge in [-0.1, -0.05) is 19.8 Å². The van der Waals surface area contributed by atoms with Gasteiger partial charge in [0.2, 0.25) is 0 Å². The van der Waals surface area contributed by atoms with E-state index in [-0.39, 0.29) is 0 Å². The Balaban J connectivity index is 2.69. The van der Waals surface area contributed by atoms with Crippen molar-refractivity contribution in [1.82, 2.24) is 4.98 Å². The SMILES string of the molecule is CCCCCN(c1ccnc(N)c1)C(C)C. The van der Waals surface area contributed by atoms with E-state index in [9.17, 15) is 0 Å². The number of nitrogen functional groups attached to an aromatic ring is 1. The minimum absolute atomic E-state index is 0.499. The van der Waals surface area contributed by atoms with Gasteiger partial charge in [-0.05, 0) is 26.3 Å². The number of unbranched alkanes of at least 4 members (excludes halogenated alkanes) is 2. The Morgan fingerprint density at radius 1 is 1.38 bits per heavy atom. The fraction of sp³-hybridized carbons (Fsp3) is 0.615. The number of pyridine rings is 1. The Bertz CT molecular complexity index is 310. The minimum Gasteiger partial charge on any atom is -0.384 e. The molecule has 1 aromatic heterocycles. The lowest BCUT2D eigenvalue weighted by atomic mass is 10.2. The van der Waals surface area contributed by atoms with Crippen LogP contribution in [0.2, 0.25) is 0 Å². The summed E-state index contributed by atoms with van der Waals surface area (Å²) in [5.74, 6) is 0.596. The highest BCUT2D eigenvalue weighted by Crippen LogP contribution is 2.19. The van der Waals surface area contributed by atoms with Crippen LogP contribution in [0.4, 0.5) is 11.5 Å². The summed E-state index contributed by atoms with van der Waals surface area (Å²) in [4.78, 5) is 6.41. The van der Waals surface area contributed by atoms with E-state index < -0.39 is 0 Å². The van der Waals surface area contributed by atoms with Crippen molar-refractivity contribution < 1.29 is 0 Å². The smallest absolute Gasteiger partial charge is 0.125 e. The molecule has 1 heterocycles. The van der Waals surface area contributed by atoms with Gasteiger partial charge in [0.05, 0.1) is 0 Å². The molecule has 2 N–H and O–H groups in total. The third kappa shape index (κ3) is 3.72. The molecule has 1 rings (SSSR count). The van der Waals surface area contributed by atoms with E-state index in [0.717, 1.165) is 6.54 Å². The second kappa shape index (κ2) is 6.36. The molecule has 0 fully saturated rings. The molecule has 0 aliphatic heterocycles. The van der Waals surface area contributed by atoms with Crippen LogP contribution in [0.25, 0.3) is 0 Å². The number of hydrogen-bond acceptors (Lipinski definition) is 3. The maximum atomic E-state index is 5.71. The Morgan fingerprint density at radius 3 is 2.69 bits per heavy atom. The third-order valence-corrected chi connectivity index (χ3v) is 2.72. The molecule has 0 saturated carbocycles. The highest BCUT2D eigenvalue weighted by molar-refractivity contribution is 5.52. The molecule has 0 unspecified atom stereocenters. The van der Waals surface area contributed by atoms with Gasteiger partial charge in [0.1, 0.15) is 5.82 Å². The minimum atomic E-state index is 0.499. The van der Waals surface area contributed by atoms with E-state index in [4.69, 9.17) is 5.73 Å². The van der Waals surface area contributed by atoms with Crippen molar-refractivity contribution in [2.75, 3.05) is 17.2 Å². The van der Waals surface area contributed by atoms with E-state index in [2.05, 4.69) is 30.7 Å². The molecule has 0 radical (unpaired) electrons. The summed E-state index contributed by atoms with van der Waals surface area (Å²) in [6, 6.07) is 4.48. The van der Waals surface area contributed by atoms with Gasteiger partial charge in [0, 0.05) is 30.5 Å². The molecule has 0 spiro atoms. The molecule has 0 aliphatic carbocycles. The predicted octanol–water partition coefficient (Wildman–Crippen LogP) is 3.07. The van der Waals surface area contributed by atoms with E-state index in [1.165, 1.54) is 24.9 Å². The highest BCUT2D eigenvalue weighted by atomic mass is 15.2. The first-order valence-corrected chi connectivity index (χ1v) is 6.13. The summed E-state index contributed by atoms with van der Waals surface area (Å²) >= 11 is 0. The molecule has 0 bridgehead atoms. The number of aromatic nitrogens is 1. The van der Waals surface area contributed by atoms with Gasteiger partial charge < -0.3 is 10.6 Å². The summed E-state index contributed by atoms with van der Waals surface area (Å²) in [5.41, 5.74) is 6.89. The average Bonchev–Trinajstić information content (AvgIpc) is 2.24. The molecule has 3 heteroatoms. The molecule has 1 aromatic rings. The van der Waals surface area contributed by atoms with E-state index in [1.54, 1.807) is 6.20 Å². The number of anilines is 2. The Kier molecular flexibility index (Phi) is 5.09. The molecule has 16 heavy (non-hydrogen) atoms. The quantitative estimate of drug-likeness (QED) is 0.751. The zero-order valence-corrected chi connectivity index (χ0v) is 10.6. The molecule has 0 aliphatic rings. The second-order valence-corrected chi connectivity index (χ2v) is 4.43. The highest BCUT2D eigenvalue weighted by Gasteiger charge is 2.10. The largest absolute Gasteiger partial charge is 0.384 e. The Labute approximate surface area is 98.7 Å². The van der Waals surface area contributed by atoms with Gasteiger partial charge >= 0.3 is 0 Å². The van der Waals surface area contributed by atoms with Crippen LogP contribution in [0.1, 0.15) is 40.0 Å². The number of nitrogens with zero attached hydrogens (tertiary/aromatic N) is 2. The van der Waals surface area contributed by atoms with Crippen LogP contribution in [0, 0.1) is 0 Å². The van der Waals surface area contributed by atoms with Gasteiger partial charge in [-0.3, -0.25) is 0 Å². The van der Waals surface area contributed by atoms with Crippen LogP contribution < -0.4 is 10.6 Å². The van der Waals surface area contributed by atoms with Gasteiger partial charge in [-0.25, -0.2) is 4.98 Å². The predicted molar refractivity (Wildman–Crippen MR) is 70.7 cm³/mol. The summed E-state index contributed by atoms with van der Waals surface area (Å²) in [5, 5.41) is 0. The zero-order chi connectivity index (χ0) is 12.0. The number of nitrogens with two attached hydrogens (primary N) is 1.